The number of aliphatic hydroxyl groups excluding tert-OH is 1. The Balaban J connectivity index is 2.40. The molecule has 0 saturated heterocycles. The molecule has 8 heteroatoms. The van der Waals surface area contributed by atoms with Crippen LogP contribution in [0.1, 0.15) is 27.2 Å². The first-order valence-corrected chi connectivity index (χ1v) is 18.0. The molecule has 1 aliphatic carbocycles. The average Bonchev–Trinajstić information content (AvgIpc) is 2.59. The number of aliphatic hydroxyl groups is 1. The fraction of sp³-hybridized carbons (Fsp3) is 0.650. The Kier molecular flexibility index (Phi) is 8.94. The van der Waals surface area contributed by atoms with Gasteiger partial charge in [0.1, 0.15) is 0 Å². The van der Waals surface area contributed by atoms with Gasteiger partial charge in [0, 0.05) is 0 Å². The second-order valence-electron chi connectivity index (χ2n) is 8.75. The van der Waals surface area contributed by atoms with E-state index in [1.807, 2.05) is 18.0 Å². The normalized spacial score (nSPS) is 29.0. The molecule has 5 atom stereocenters. The average molecular weight is 620 g/mol. The van der Waals surface area contributed by atoms with Crippen LogP contribution in [0.15, 0.2) is 24.3 Å². The van der Waals surface area contributed by atoms with E-state index in [9.17, 15) is 9.90 Å². The Morgan fingerprint density at radius 1 is 1.29 bits per heavy atom. The zero-order valence-corrected chi connectivity index (χ0v) is 24.0. The Bertz CT molecular complexity index is 681. The van der Waals surface area contributed by atoms with Gasteiger partial charge in [0.25, 0.3) is 0 Å². The molecule has 0 amide bonds. The summed E-state index contributed by atoms with van der Waals surface area (Å²) in [4.78, 5) is 12.8. The van der Waals surface area contributed by atoms with Gasteiger partial charge in [-0.3, -0.25) is 0 Å². The van der Waals surface area contributed by atoms with Crippen LogP contribution >= 0.6 is 27.5 Å². The molecule has 28 heavy (non-hydrogen) atoms. The Morgan fingerprint density at radius 2 is 1.86 bits per heavy atom. The number of carbonyl (C=O) groups excluding carboxylic acids is 1. The number of hydrogen-bond acceptors (Lipinski definition) is 3. The van der Waals surface area contributed by atoms with Crippen molar-refractivity contribution in [3.05, 3.63) is 29.3 Å². The minimum atomic E-state index is -2.07. The van der Waals surface area contributed by atoms with Gasteiger partial charge in [-0.05, 0) is 0 Å². The number of carbonyl (C=O) groups is 1. The first kappa shape index (κ1) is 25.1. The predicted molar refractivity (Wildman–Crippen MR) is 126 cm³/mol. The molecule has 0 bridgehead atoms. The van der Waals surface area contributed by atoms with Crippen molar-refractivity contribution in [3.63, 3.8) is 0 Å². The van der Waals surface area contributed by atoms with Crippen LogP contribution in [0.5, 0.6) is 0 Å². The van der Waals surface area contributed by atoms with E-state index in [1.54, 1.807) is 0 Å². The van der Waals surface area contributed by atoms with Crippen molar-refractivity contribution in [2.24, 2.45) is 5.92 Å². The number of rotatable bonds is 6. The summed E-state index contributed by atoms with van der Waals surface area (Å²) in [5.74, 6) is 1.67. The molecule has 1 saturated carbocycles. The molecule has 1 fully saturated rings. The van der Waals surface area contributed by atoms with Crippen molar-refractivity contribution in [1.82, 2.24) is 0 Å². The molecular weight excluding hydrogens is 590 g/mol. The molecular formula is C20H30BrClO3Se2Si. The SMILES string of the molecule is C[Se]C(=O)[C@H]1[C@@H](Br)[C@@H](O)C[C@@H]([Se]c2ccc(Cl)cc2)[C@@H]1O[Si](C)(C)C(C)(C)C. The first-order valence-electron chi connectivity index (χ1n) is 9.37. The molecule has 1 aromatic rings. The number of benzene rings is 1. The van der Waals surface area contributed by atoms with Crippen LogP contribution in [0.2, 0.25) is 33.8 Å². The summed E-state index contributed by atoms with van der Waals surface area (Å²) < 4.78 is 8.33. The first-order chi connectivity index (χ1) is 12.9. The summed E-state index contributed by atoms with van der Waals surface area (Å²) in [5.41, 5.74) is 0. The maximum absolute atomic E-state index is 12.9. The third kappa shape index (κ3) is 5.96. The molecule has 0 heterocycles. The number of alkyl halides is 1. The van der Waals surface area contributed by atoms with Crippen molar-refractivity contribution in [2.45, 2.75) is 73.0 Å². The van der Waals surface area contributed by atoms with Gasteiger partial charge in [0.2, 0.25) is 0 Å². The Hall–Kier alpha value is 0.836. The third-order valence-corrected chi connectivity index (χ3v) is 15.8. The fourth-order valence-corrected chi connectivity index (χ4v) is 9.74. The third-order valence-electron chi connectivity index (χ3n) is 5.72. The van der Waals surface area contributed by atoms with Crippen molar-refractivity contribution >= 4 is 74.9 Å². The molecule has 1 aromatic carbocycles. The molecule has 0 spiro atoms. The van der Waals surface area contributed by atoms with Crippen LogP contribution < -0.4 is 4.46 Å². The van der Waals surface area contributed by atoms with Crippen LogP contribution in [0, 0.1) is 5.92 Å². The van der Waals surface area contributed by atoms with Crippen LogP contribution in [-0.2, 0) is 9.22 Å². The molecule has 158 valence electrons. The summed E-state index contributed by atoms with van der Waals surface area (Å²) in [7, 11) is -2.07. The van der Waals surface area contributed by atoms with Crippen LogP contribution in [0.3, 0.4) is 0 Å². The Labute approximate surface area is 196 Å². The van der Waals surface area contributed by atoms with Gasteiger partial charge < -0.3 is 0 Å². The van der Waals surface area contributed by atoms with E-state index >= 15 is 0 Å². The van der Waals surface area contributed by atoms with Crippen molar-refractivity contribution in [3.8, 4) is 0 Å². The molecule has 3 nitrogen and oxygen atoms in total. The van der Waals surface area contributed by atoms with E-state index in [1.165, 1.54) is 4.46 Å². The van der Waals surface area contributed by atoms with Crippen molar-refractivity contribution < 1.29 is 14.3 Å². The van der Waals surface area contributed by atoms with E-state index in [0.717, 1.165) is 5.02 Å². The summed E-state index contributed by atoms with van der Waals surface area (Å²) in [6.45, 7) is 11.2. The molecule has 1 N–H and O–H groups in total. The van der Waals surface area contributed by atoms with E-state index in [4.69, 9.17) is 16.0 Å². The van der Waals surface area contributed by atoms with Gasteiger partial charge in [-0.15, -0.1) is 0 Å². The van der Waals surface area contributed by atoms with E-state index in [0.29, 0.717) is 6.42 Å². The summed E-state index contributed by atoms with van der Waals surface area (Å²) in [6.07, 6.45) is -0.0355. The van der Waals surface area contributed by atoms with Crippen LogP contribution in [-0.4, -0.2) is 65.1 Å². The zero-order chi connectivity index (χ0) is 21.3. The van der Waals surface area contributed by atoms with Crippen LogP contribution in [0.25, 0.3) is 0 Å². The molecule has 0 unspecified atom stereocenters. The van der Waals surface area contributed by atoms with Gasteiger partial charge in [0.05, 0.1) is 0 Å². The summed E-state index contributed by atoms with van der Waals surface area (Å²) >= 11 is 9.66. The van der Waals surface area contributed by atoms with Gasteiger partial charge in [-0.2, -0.15) is 0 Å². The molecule has 1 aliphatic rings. The topological polar surface area (TPSA) is 46.5 Å². The monoisotopic (exact) mass is 620 g/mol. The zero-order valence-electron chi connectivity index (χ0n) is 17.2. The van der Waals surface area contributed by atoms with E-state index in [-0.39, 0.29) is 61.3 Å². The van der Waals surface area contributed by atoms with E-state index < -0.39 is 14.4 Å². The van der Waals surface area contributed by atoms with Crippen LogP contribution in [0.4, 0.5) is 0 Å². The summed E-state index contributed by atoms with van der Waals surface area (Å²) in [5, 5.41) is 11.5. The standard InChI is InChI=1S/C20H30BrClO3Se2Si/c1-20(2,3)28(5,6)25-18-15(27-13-9-7-12(22)8-10-13)11-14(23)17(21)16(18)19(24)26-4/h7-10,14-18,23H,11H2,1-6H3/t14-,15+,16-,17-,18-/m0/s1. The van der Waals surface area contributed by atoms with E-state index in [2.05, 4.69) is 61.9 Å². The second-order valence-corrected chi connectivity index (χ2v) is 19.5. The van der Waals surface area contributed by atoms with Gasteiger partial charge in [0.15, 0.2) is 0 Å². The summed E-state index contributed by atoms with van der Waals surface area (Å²) in [6, 6.07) is 7.93. The van der Waals surface area contributed by atoms with Crippen molar-refractivity contribution in [1.29, 1.82) is 0 Å². The number of halogens is 2. The van der Waals surface area contributed by atoms with Gasteiger partial charge in [-0.25, -0.2) is 0 Å². The maximum atomic E-state index is 12.9. The van der Waals surface area contributed by atoms with Gasteiger partial charge in [-0.1, -0.05) is 0 Å². The molecule has 2 rings (SSSR count). The predicted octanol–water partition coefficient (Wildman–Crippen LogP) is 4.27. The molecule has 0 aliphatic heterocycles. The molecule has 0 radical (unpaired) electrons. The van der Waals surface area contributed by atoms with Crippen molar-refractivity contribution in [2.75, 3.05) is 0 Å². The number of hydrogen-bond donors (Lipinski definition) is 1. The second kappa shape index (κ2) is 9.97. The van der Waals surface area contributed by atoms with Gasteiger partial charge >= 0.3 is 197 Å². The fourth-order valence-electron chi connectivity index (χ4n) is 3.02. The Morgan fingerprint density at radius 3 is 2.36 bits per heavy atom. The minimum absolute atomic E-state index is 0.0631. The molecule has 0 aromatic heterocycles. The quantitative estimate of drug-likeness (QED) is 0.382.